The van der Waals surface area contributed by atoms with E-state index in [0.29, 0.717) is 11.5 Å². The fourth-order valence-corrected chi connectivity index (χ4v) is 3.67. The van der Waals surface area contributed by atoms with Gasteiger partial charge in [0.05, 0.1) is 25.0 Å². The molecule has 0 aromatic heterocycles. The molecule has 31 heavy (non-hydrogen) atoms. The van der Waals surface area contributed by atoms with Crippen LogP contribution in [0.2, 0.25) is 0 Å². The van der Waals surface area contributed by atoms with Crippen LogP contribution in [0.1, 0.15) is 12.0 Å². The van der Waals surface area contributed by atoms with E-state index in [-0.39, 0.29) is 42.5 Å². The summed E-state index contributed by atoms with van der Waals surface area (Å²) >= 11 is 0.746. The zero-order valence-electron chi connectivity index (χ0n) is 16.8. The Morgan fingerprint density at radius 1 is 1.13 bits per heavy atom. The molecule has 0 bridgehead atoms. The number of halogens is 1. The van der Waals surface area contributed by atoms with Crippen molar-refractivity contribution in [3.63, 3.8) is 0 Å². The molecule has 0 spiro atoms. The Kier molecular flexibility index (Phi) is 7.66. The van der Waals surface area contributed by atoms with Gasteiger partial charge in [-0.2, -0.15) is 0 Å². The van der Waals surface area contributed by atoms with E-state index in [2.05, 4.69) is 5.32 Å². The van der Waals surface area contributed by atoms with Crippen LogP contribution >= 0.6 is 11.8 Å². The first-order valence-corrected chi connectivity index (χ1v) is 10.3. The Morgan fingerprint density at radius 2 is 1.84 bits per heavy atom. The molecular weight excluding hydrogens is 423 g/mol. The number of thioether (sulfide) groups is 1. The minimum Gasteiger partial charge on any atom is -0.493 e. The summed E-state index contributed by atoms with van der Waals surface area (Å²) in [6.45, 7) is 0.288. The van der Waals surface area contributed by atoms with Gasteiger partial charge in [0.15, 0.2) is 11.5 Å². The quantitative estimate of drug-likeness (QED) is 0.597. The van der Waals surface area contributed by atoms with Crippen LogP contribution in [0.5, 0.6) is 11.5 Å². The van der Waals surface area contributed by atoms with Gasteiger partial charge in [0.2, 0.25) is 5.91 Å². The third kappa shape index (κ3) is 5.85. The second-order valence-electron chi connectivity index (χ2n) is 6.45. The average Bonchev–Trinajstić information content (AvgIpc) is 3.03. The molecule has 1 fully saturated rings. The second-order valence-corrected chi connectivity index (χ2v) is 7.45. The lowest BCUT2D eigenvalue weighted by atomic mass is 10.2. The molecule has 1 N–H and O–H groups in total. The predicted molar refractivity (Wildman–Crippen MR) is 115 cm³/mol. The number of methoxy groups -OCH3 is 1. The van der Waals surface area contributed by atoms with Crippen LogP contribution in [-0.4, -0.2) is 48.8 Å². The third-order valence-corrected chi connectivity index (χ3v) is 5.29. The van der Waals surface area contributed by atoms with Crippen molar-refractivity contribution in [1.29, 1.82) is 0 Å². The monoisotopic (exact) mass is 444 g/mol. The number of amides is 3. The molecule has 1 aliphatic heterocycles. The fraction of sp³-hybridized carbons (Fsp3) is 0.227. The van der Waals surface area contributed by atoms with Crippen LogP contribution < -0.4 is 14.8 Å². The van der Waals surface area contributed by atoms with Crippen LogP contribution in [-0.2, 0) is 9.59 Å². The highest BCUT2D eigenvalue weighted by atomic mass is 32.2. The number of rotatable bonds is 9. The van der Waals surface area contributed by atoms with Crippen LogP contribution in [0.15, 0.2) is 53.4 Å². The molecule has 7 nitrogen and oxygen atoms in total. The number of nitrogens with zero attached hydrogens (tertiary/aromatic N) is 1. The summed E-state index contributed by atoms with van der Waals surface area (Å²) in [4.78, 5) is 37.7. The molecule has 9 heteroatoms. The maximum Gasteiger partial charge on any atom is 0.293 e. The van der Waals surface area contributed by atoms with Crippen molar-refractivity contribution < 1.29 is 28.2 Å². The topological polar surface area (TPSA) is 84.9 Å². The summed E-state index contributed by atoms with van der Waals surface area (Å²) in [5.41, 5.74) is 0.233. The van der Waals surface area contributed by atoms with Gasteiger partial charge in [-0.25, -0.2) is 4.39 Å². The Balaban J connectivity index is 1.44. The van der Waals surface area contributed by atoms with E-state index < -0.39 is 17.0 Å². The number of benzene rings is 2. The highest BCUT2D eigenvalue weighted by molar-refractivity contribution is 8.18. The Morgan fingerprint density at radius 3 is 2.58 bits per heavy atom. The Bertz CT molecular complexity index is 1010. The van der Waals surface area contributed by atoms with Gasteiger partial charge >= 0.3 is 0 Å². The summed E-state index contributed by atoms with van der Waals surface area (Å²) < 4.78 is 24.5. The minimum atomic E-state index is -0.507. The summed E-state index contributed by atoms with van der Waals surface area (Å²) in [6, 6.07) is 13.1. The van der Waals surface area contributed by atoms with Gasteiger partial charge in [-0.3, -0.25) is 19.3 Å². The van der Waals surface area contributed by atoms with E-state index in [9.17, 15) is 18.8 Å². The van der Waals surface area contributed by atoms with E-state index in [1.165, 1.54) is 25.3 Å². The molecule has 0 unspecified atom stereocenters. The largest absolute Gasteiger partial charge is 0.493 e. The average molecular weight is 444 g/mol. The third-order valence-electron chi connectivity index (χ3n) is 4.38. The lowest BCUT2D eigenvalue weighted by molar-refractivity contribution is -0.124. The van der Waals surface area contributed by atoms with Crippen molar-refractivity contribution in [2.45, 2.75) is 6.42 Å². The lowest BCUT2D eigenvalue weighted by Crippen LogP contribution is -2.37. The first-order valence-electron chi connectivity index (χ1n) is 9.52. The van der Waals surface area contributed by atoms with Gasteiger partial charge in [0, 0.05) is 18.7 Å². The number of ether oxygens (including phenoxy) is 2. The number of nitrogens with one attached hydrogen (secondary N) is 1. The molecule has 0 aliphatic carbocycles. The highest BCUT2D eigenvalue weighted by Crippen LogP contribution is 2.32. The van der Waals surface area contributed by atoms with Gasteiger partial charge in [-0.15, -0.1) is 0 Å². The molecule has 1 aliphatic rings. The molecule has 3 amide bonds. The number of imide groups is 1. The van der Waals surface area contributed by atoms with Gasteiger partial charge in [-0.05, 0) is 36.0 Å². The molecule has 3 rings (SSSR count). The highest BCUT2D eigenvalue weighted by Gasteiger charge is 2.34. The maximum atomic E-state index is 13.8. The predicted octanol–water partition coefficient (Wildman–Crippen LogP) is 3.46. The summed E-state index contributed by atoms with van der Waals surface area (Å²) in [5.74, 6) is -0.143. The minimum absolute atomic E-state index is 0.0262. The number of carbonyl (C=O) groups is 3. The molecule has 0 radical (unpaired) electrons. The molecule has 2 aromatic rings. The van der Waals surface area contributed by atoms with E-state index in [0.717, 1.165) is 16.7 Å². The normalized spacial score (nSPS) is 14.8. The van der Waals surface area contributed by atoms with Gasteiger partial charge in [-0.1, -0.05) is 30.3 Å². The number of para-hydroxylation sites is 2. The Labute approximate surface area is 183 Å². The molecular formula is C22H21FN2O5S. The smallest absolute Gasteiger partial charge is 0.293 e. The molecule has 162 valence electrons. The molecule has 1 heterocycles. The van der Waals surface area contributed by atoms with E-state index in [4.69, 9.17) is 9.47 Å². The lowest BCUT2D eigenvalue weighted by Gasteiger charge is -2.13. The molecule has 0 atom stereocenters. The first kappa shape index (κ1) is 22.4. The summed E-state index contributed by atoms with van der Waals surface area (Å²) in [5, 5.41) is 2.20. The van der Waals surface area contributed by atoms with E-state index in [1.807, 2.05) is 6.07 Å². The number of hydrogen-bond acceptors (Lipinski definition) is 6. The number of carbonyl (C=O) groups excluding carboxylic acids is 3. The molecule has 1 saturated heterocycles. The van der Waals surface area contributed by atoms with Crippen LogP contribution in [0.3, 0.4) is 0 Å². The maximum absolute atomic E-state index is 13.8. The van der Waals surface area contributed by atoms with Crippen molar-refractivity contribution in [3.8, 4) is 11.5 Å². The summed E-state index contributed by atoms with van der Waals surface area (Å²) in [6.07, 6.45) is 1.46. The van der Waals surface area contributed by atoms with Crippen molar-refractivity contribution >= 4 is 34.9 Å². The van der Waals surface area contributed by atoms with Crippen molar-refractivity contribution in [2.75, 3.05) is 26.8 Å². The van der Waals surface area contributed by atoms with E-state index in [1.54, 1.807) is 30.3 Å². The molecule has 2 aromatic carbocycles. The van der Waals surface area contributed by atoms with Crippen LogP contribution in [0.25, 0.3) is 6.08 Å². The fourth-order valence-electron chi connectivity index (χ4n) is 2.81. The van der Waals surface area contributed by atoms with Crippen LogP contribution in [0, 0.1) is 5.82 Å². The van der Waals surface area contributed by atoms with Crippen molar-refractivity contribution in [2.24, 2.45) is 0 Å². The standard InChI is InChI=1S/C22H21FN2O5S/c1-29-17-8-4-5-9-18(17)30-13-10-20(26)24-11-12-25-21(27)19(31-22(25)28)14-15-6-2-3-7-16(15)23/h2-9,14H,10-13H2,1H3,(H,24,26). The number of hydrogen-bond donors (Lipinski definition) is 1. The van der Waals surface area contributed by atoms with Crippen molar-refractivity contribution in [3.05, 3.63) is 64.8 Å². The second kappa shape index (κ2) is 10.6. The Hall–Kier alpha value is -3.33. The van der Waals surface area contributed by atoms with E-state index >= 15 is 0 Å². The van der Waals surface area contributed by atoms with Gasteiger partial charge in [0.25, 0.3) is 11.1 Å². The summed E-state index contributed by atoms with van der Waals surface area (Å²) in [7, 11) is 1.53. The zero-order valence-corrected chi connectivity index (χ0v) is 17.6. The first-order chi connectivity index (χ1) is 15.0. The van der Waals surface area contributed by atoms with Crippen molar-refractivity contribution in [1.82, 2.24) is 10.2 Å². The molecule has 0 saturated carbocycles. The van der Waals surface area contributed by atoms with Crippen LogP contribution in [0.4, 0.5) is 9.18 Å². The van der Waals surface area contributed by atoms with Gasteiger partial charge in [0.1, 0.15) is 5.82 Å². The van der Waals surface area contributed by atoms with Gasteiger partial charge < -0.3 is 14.8 Å². The SMILES string of the molecule is COc1ccccc1OCCC(=O)NCCN1C(=O)SC(=Cc2ccccc2F)C1=O. The zero-order chi connectivity index (χ0) is 22.2.